The summed E-state index contributed by atoms with van der Waals surface area (Å²) in [7, 11) is -3.42. The number of hydrogen-bond donors (Lipinski definition) is 2. The molecule has 5 nitrogen and oxygen atoms in total. The van der Waals surface area contributed by atoms with E-state index in [1.54, 1.807) is 24.3 Å². The normalized spacial score (nSPS) is 17.8. The maximum Gasteiger partial charge on any atom is 0.251 e. The summed E-state index contributed by atoms with van der Waals surface area (Å²) < 4.78 is 25.0. The van der Waals surface area contributed by atoms with Gasteiger partial charge in [-0.2, -0.15) is 0 Å². The van der Waals surface area contributed by atoms with E-state index in [1.165, 1.54) is 12.1 Å². The summed E-state index contributed by atoms with van der Waals surface area (Å²) in [5, 5.41) is 6.23. The number of carbonyl (C=O) groups excluding carboxylic acids is 1. The van der Waals surface area contributed by atoms with Gasteiger partial charge in [0.25, 0.3) is 5.91 Å². The molecule has 0 unspecified atom stereocenters. The highest BCUT2D eigenvalue weighted by molar-refractivity contribution is 7.90. The Hall–Kier alpha value is -2.18. The second-order valence-corrected chi connectivity index (χ2v) is 8.28. The first kappa shape index (κ1) is 17.6. The lowest BCUT2D eigenvalue weighted by atomic mass is 10.1. The van der Waals surface area contributed by atoms with E-state index in [0.29, 0.717) is 5.56 Å². The number of rotatable bonds is 5. The van der Waals surface area contributed by atoms with Crippen molar-refractivity contribution in [3.05, 3.63) is 65.7 Å². The highest BCUT2D eigenvalue weighted by Crippen LogP contribution is 2.17. The van der Waals surface area contributed by atoms with Crippen LogP contribution in [0.3, 0.4) is 0 Å². The Morgan fingerprint density at radius 1 is 1.08 bits per heavy atom. The van der Waals surface area contributed by atoms with Gasteiger partial charge in [0.05, 0.1) is 10.6 Å². The van der Waals surface area contributed by atoms with Crippen molar-refractivity contribution in [2.45, 2.75) is 29.5 Å². The molecule has 6 heteroatoms. The van der Waals surface area contributed by atoms with Crippen LogP contribution in [0.1, 0.15) is 28.8 Å². The van der Waals surface area contributed by atoms with Crippen molar-refractivity contribution in [1.29, 1.82) is 0 Å². The van der Waals surface area contributed by atoms with E-state index >= 15 is 0 Å². The first-order chi connectivity index (χ1) is 12.0. The summed E-state index contributed by atoms with van der Waals surface area (Å²) in [4.78, 5) is 12.5. The van der Waals surface area contributed by atoms with Gasteiger partial charge >= 0.3 is 0 Å². The van der Waals surface area contributed by atoms with Crippen LogP contribution >= 0.6 is 0 Å². The Kier molecular flexibility index (Phi) is 5.50. The fourth-order valence-electron chi connectivity index (χ4n) is 2.93. The predicted octanol–water partition coefficient (Wildman–Crippen LogP) is 2.14. The number of hydrogen-bond acceptors (Lipinski definition) is 4. The quantitative estimate of drug-likeness (QED) is 0.859. The van der Waals surface area contributed by atoms with Crippen molar-refractivity contribution in [3.8, 4) is 0 Å². The maximum atomic E-state index is 12.5. The van der Waals surface area contributed by atoms with E-state index in [4.69, 9.17) is 0 Å². The summed E-state index contributed by atoms with van der Waals surface area (Å²) in [6.45, 7) is 1.76. The van der Waals surface area contributed by atoms with Crippen LogP contribution in [0.5, 0.6) is 0 Å². The molecule has 1 aliphatic heterocycles. The standard InChI is InChI=1S/C19H22N2O3S/c22-19(21-17-7-4-12-20-13-17)16-8-10-18(11-9-16)25(23,24)14-15-5-2-1-3-6-15/h1-3,5-6,8-11,17,20H,4,7,12-14H2,(H,21,22)/t17-/m0/s1. The van der Waals surface area contributed by atoms with Crippen LogP contribution in [0.15, 0.2) is 59.5 Å². The molecule has 0 bridgehead atoms. The van der Waals surface area contributed by atoms with Crippen LogP contribution in [0, 0.1) is 0 Å². The summed E-state index contributed by atoms with van der Waals surface area (Å²) in [5.74, 6) is -0.214. The second-order valence-electron chi connectivity index (χ2n) is 6.29. The zero-order valence-corrected chi connectivity index (χ0v) is 14.8. The van der Waals surface area contributed by atoms with Gasteiger partial charge in [0, 0.05) is 18.2 Å². The minimum absolute atomic E-state index is 0.0485. The van der Waals surface area contributed by atoms with Crippen molar-refractivity contribution in [1.82, 2.24) is 10.6 Å². The third-order valence-corrected chi connectivity index (χ3v) is 6.01. The van der Waals surface area contributed by atoms with Crippen molar-refractivity contribution < 1.29 is 13.2 Å². The number of carbonyl (C=O) groups is 1. The maximum absolute atomic E-state index is 12.5. The van der Waals surface area contributed by atoms with Crippen molar-refractivity contribution in [3.63, 3.8) is 0 Å². The lowest BCUT2D eigenvalue weighted by Crippen LogP contribution is -2.45. The van der Waals surface area contributed by atoms with Gasteiger partial charge < -0.3 is 10.6 Å². The molecule has 2 N–H and O–H groups in total. The Morgan fingerprint density at radius 2 is 1.80 bits per heavy atom. The molecule has 25 heavy (non-hydrogen) atoms. The Bertz CT molecular complexity index is 812. The molecule has 132 valence electrons. The van der Waals surface area contributed by atoms with Gasteiger partial charge in [0.15, 0.2) is 9.84 Å². The van der Waals surface area contributed by atoms with Crippen molar-refractivity contribution in [2.75, 3.05) is 13.1 Å². The van der Waals surface area contributed by atoms with Crippen LogP contribution in [0.2, 0.25) is 0 Å². The second kappa shape index (κ2) is 7.80. The molecule has 1 fully saturated rings. The topological polar surface area (TPSA) is 75.3 Å². The highest BCUT2D eigenvalue weighted by atomic mass is 32.2. The van der Waals surface area contributed by atoms with E-state index < -0.39 is 9.84 Å². The molecule has 1 heterocycles. The molecular weight excluding hydrogens is 336 g/mol. The number of nitrogens with one attached hydrogen (secondary N) is 2. The zero-order valence-electron chi connectivity index (χ0n) is 13.9. The third-order valence-electron chi connectivity index (χ3n) is 4.31. The van der Waals surface area contributed by atoms with Crippen LogP contribution in [-0.2, 0) is 15.6 Å². The first-order valence-corrected chi connectivity index (χ1v) is 10.1. The molecule has 0 aliphatic carbocycles. The predicted molar refractivity (Wildman–Crippen MR) is 97.1 cm³/mol. The molecule has 0 spiro atoms. The molecule has 1 amide bonds. The molecule has 0 saturated carbocycles. The molecule has 2 aromatic carbocycles. The largest absolute Gasteiger partial charge is 0.348 e. The summed E-state index contributed by atoms with van der Waals surface area (Å²) >= 11 is 0. The smallest absolute Gasteiger partial charge is 0.251 e. The minimum atomic E-state index is -3.42. The monoisotopic (exact) mass is 358 g/mol. The molecule has 1 atom stereocenters. The summed E-state index contributed by atoms with van der Waals surface area (Å²) in [5.41, 5.74) is 1.22. The number of piperidine rings is 1. The van der Waals surface area contributed by atoms with Gasteiger partial charge in [-0.05, 0) is 49.2 Å². The van der Waals surface area contributed by atoms with Crippen molar-refractivity contribution in [2.24, 2.45) is 0 Å². The van der Waals surface area contributed by atoms with E-state index in [2.05, 4.69) is 10.6 Å². The van der Waals surface area contributed by atoms with E-state index in [0.717, 1.165) is 31.5 Å². The number of sulfone groups is 1. The molecular formula is C19H22N2O3S. The highest BCUT2D eigenvalue weighted by Gasteiger charge is 2.18. The molecule has 2 aromatic rings. The Labute approximate surface area is 148 Å². The lowest BCUT2D eigenvalue weighted by Gasteiger charge is -2.23. The average molecular weight is 358 g/mol. The molecule has 1 aliphatic rings. The summed E-state index contributed by atoms with van der Waals surface area (Å²) in [6.07, 6.45) is 2.00. The van der Waals surface area contributed by atoms with Crippen LogP contribution in [-0.4, -0.2) is 33.5 Å². The first-order valence-electron chi connectivity index (χ1n) is 8.43. The summed E-state index contributed by atoms with van der Waals surface area (Å²) in [6, 6.07) is 15.4. The SMILES string of the molecule is O=C(N[C@H]1CCCNC1)c1ccc(S(=O)(=O)Cc2ccccc2)cc1. The fraction of sp³-hybridized carbons (Fsp3) is 0.316. The van der Waals surface area contributed by atoms with Crippen LogP contribution in [0.25, 0.3) is 0 Å². The third kappa shape index (κ3) is 4.67. The number of amides is 1. The number of benzene rings is 2. The van der Waals surface area contributed by atoms with Crippen LogP contribution in [0.4, 0.5) is 0 Å². The van der Waals surface area contributed by atoms with E-state index in [1.807, 2.05) is 18.2 Å². The van der Waals surface area contributed by atoms with Gasteiger partial charge in [-0.25, -0.2) is 8.42 Å². The lowest BCUT2D eigenvalue weighted by molar-refractivity contribution is 0.0930. The average Bonchev–Trinajstić information content (AvgIpc) is 2.63. The van der Waals surface area contributed by atoms with Gasteiger partial charge in [0.1, 0.15) is 0 Å². The zero-order chi connectivity index (χ0) is 17.7. The van der Waals surface area contributed by atoms with Gasteiger partial charge in [-0.15, -0.1) is 0 Å². The fourth-order valence-corrected chi connectivity index (χ4v) is 4.28. The van der Waals surface area contributed by atoms with Gasteiger partial charge in [-0.1, -0.05) is 30.3 Å². The Morgan fingerprint density at radius 3 is 2.44 bits per heavy atom. The van der Waals surface area contributed by atoms with E-state index in [9.17, 15) is 13.2 Å². The van der Waals surface area contributed by atoms with Gasteiger partial charge in [0.2, 0.25) is 0 Å². The molecule has 0 radical (unpaired) electrons. The molecule has 3 rings (SSSR count). The molecule has 1 saturated heterocycles. The van der Waals surface area contributed by atoms with Gasteiger partial charge in [-0.3, -0.25) is 4.79 Å². The molecule has 0 aromatic heterocycles. The van der Waals surface area contributed by atoms with E-state index in [-0.39, 0.29) is 22.6 Å². The Balaban J connectivity index is 1.67. The van der Waals surface area contributed by atoms with Crippen LogP contribution < -0.4 is 10.6 Å². The van der Waals surface area contributed by atoms with Crippen molar-refractivity contribution >= 4 is 15.7 Å². The minimum Gasteiger partial charge on any atom is -0.348 e.